The molecular formula is C75H114F10N12O13. The fourth-order valence-corrected chi connectivity index (χ4v) is 17.2. The third-order valence-electron chi connectivity index (χ3n) is 24.1. The van der Waals surface area contributed by atoms with Crippen LogP contribution in [0.4, 0.5) is 43.9 Å². The number of nitrogens with one attached hydrogen (secondary N) is 3. The van der Waals surface area contributed by atoms with E-state index in [2.05, 4.69) is 16.0 Å². The largest absolute Gasteiger partial charge is 0.397 e. The molecule has 0 aromatic carbocycles. The van der Waals surface area contributed by atoms with Crippen molar-refractivity contribution >= 4 is 70.9 Å². The third kappa shape index (κ3) is 21.5. The second kappa shape index (κ2) is 38.0. The molecule has 12 atom stereocenters. The topological polar surface area (TPSA) is 279 Å². The third-order valence-corrected chi connectivity index (χ3v) is 24.1. The standard InChI is InChI=1S/C75H114F10N12O13/c1-13-22-52-63(101)87-61(43(5)14-2)69(107)91(8)40-59(100)93(10)53-25-18-17-21-32-96(68(53)106)56(35-44-26-29-47(30-27-44)74(80,81)82)67(105)90(7)39-57(98)86-51(31-28-45-33-49(76)60(50(77)34-45)75(83,84)85)65(103)97-38-48(110-16-4)36-54(97)64(102)88-72(41-73(78,79)42-72)71(109)95(12)62(46-23-19-20-24-46)70(108)94(11)55(37-58(99)92(52)9)66(104)89(6)15-3/h17-18,43-56,60-62H,13-16,19-42H2,1-12H3,(H,86,98)(H,87,101)(H,88,102)/b18-17-/t43-,44?,45?,47?,48+,49?,50?,51-,52-,53-,54-,55-,56-,60?,61-,62-/m0/s1. The highest BCUT2D eigenvalue weighted by molar-refractivity contribution is 6.01. The predicted octanol–water partition coefficient (Wildman–Crippen LogP) is 6.74. The van der Waals surface area contributed by atoms with Gasteiger partial charge in [0.25, 0.3) is 5.92 Å². The van der Waals surface area contributed by atoms with Gasteiger partial charge in [-0.1, -0.05) is 58.6 Å². The number of hydrogen-bond donors (Lipinski definition) is 3. The van der Waals surface area contributed by atoms with Gasteiger partial charge in [-0.25, -0.2) is 17.6 Å². The minimum Gasteiger partial charge on any atom is -0.377 e. The van der Waals surface area contributed by atoms with E-state index in [4.69, 9.17) is 4.74 Å². The lowest BCUT2D eigenvalue weighted by Crippen LogP contribution is -2.72. The first-order chi connectivity index (χ1) is 51.5. The molecule has 110 heavy (non-hydrogen) atoms. The summed E-state index contributed by atoms with van der Waals surface area (Å²) in [5.41, 5.74) is -2.51. The van der Waals surface area contributed by atoms with Crippen LogP contribution in [0.2, 0.25) is 0 Å². The van der Waals surface area contributed by atoms with Crippen LogP contribution >= 0.6 is 0 Å². The zero-order valence-corrected chi connectivity index (χ0v) is 65.4. The quantitative estimate of drug-likeness (QED) is 0.120. The van der Waals surface area contributed by atoms with Gasteiger partial charge in [0.1, 0.15) is 72.1 Å². The molecule has 2 unspecified atom stereocenters. The number of nitrogens with zero attached hydrogens (tertiary/aromatic N) is 9. The van der Waals surface area contributed by atoms with Crippen molar-refractivity contribution in [2.75, 3.05) is 88.7 Å². The number of fused-ring (bicyclic) bond motifs is 3. The molecule has 7 aliphatic rings. The highest BCUT2D eigenvalue weighted by atomic mass is 19.4. The Labute approximate surface area is 637 Å². The van der Waals surface area contributed by atoms with Crippen LogP contribution < -0.4 is 16.0 Å². The summed E-state index contributed by atoms with van der Waals surface area (Å²) in [6, 6.07) is -12.3. The normalized spacial score (nSPS) is 32.1. The van der Waals surface area contributed by atoms with E-state index >= 15 is 46.3 Å². The average molecular weight is 1580 g/mol. The Morgan fingerprint density at radius 3 is 1.83 bits per heavy atom. The minimum absolute atomic E-state index is 0.0115. The predicted molar refractivity (Wildman–Crippen MR) is 381 cm³/mol. The maximum atomic E-state index is 15.8. The maximum absolute atomic E-state index is 15.8. The van der Waals surface area contributed by atoms with Crippen LogP contribution in [0.25, 0.3) is 0 Å². The molecule has 3 aliphatic heterocycles. The molecule has 2 saturated heterocycles. The van der Waals surface area contributed by atoms with E-state index in [-0.39, 0.29) is 77.5 Å². The van der Waals surface area contributed by atoms with Gasteiger partial charge in [0, 0.05) is 94.8 Å². The molecule has 7 rings (SSSR count). The SMILES string of the molecule is CCC[C@H]1C(=O)N[C@@H]([C@@H](C)CC)C(=O)N(C)CC(=O)N(C)[C@H]2C/C=C\CCN(C2=O)[C@@H](CC2CCC(C(F)(F)F)CC2)C(=O)N(C)CC(=O)N[C@@H](CCC2CC(F)C(C(F)(F)F)C(F)C2)C(=O)N2C[C@H](OCC)C[C@H]2C(=O)NC2(CC(F)(F)C2)C(=O)N(C)[C@@H](C2CCCC2)C(=O)N(C)[C@H](C(=O)N(C)CC)CC(=O)N1C. The second-order valence-electron chi connectivity index (χ2n) is 31.8. The molecule has 3 N–H and O–H groups in total. The van der Waals surface area contributed by atoms with E-state index in [0.717, 1.165) is 41.3 Å². The summed E-state index contributed by atoms with van der Waals surface area (Å²) in [6.45, 7) is 6.14. The van der Waals surface area contributed by atoms with Gasteiger partial charge < -0.3 is 64.8 Å². The number of halogens is 10. The van der Waals surface area contributed by atoms with Crippen LogP contribution in [0.1, 0.15) is 176 Å². The van der Waals surface area contributed by atoms with Gasteiger partial charge in [-0.05, 0) is 127 Å². The van der Waals surface area contributed by atoms with Crippen molar-refractivity contribution < 1.29 is 106 Å². The van der Waals surface area contributed by atoms with Gasteiger partial charge in [-0.15, -0.1) is 0 Å². The molecule has 622 valence electrons. The van der Waals surface area contributed by atoms with Gasteiger partial charge >= 0.3 is 12.4 Å². The monoisotopic (exact) mass is 1580 g/mol. The van der Waals surface area contributed by atoms with Gasteiger partial charge in [0.05, 0.1) is 31.5 Å². The molecule has 1 spiro atoms. The summed E-state index contributed by atoms with van der Waals surface area (Å²) in [6.07, 6.45) is -18.0. The first-order valence-electron chi connectivity index (χ1n) is 38.8. The van der Waals surface area contributed by atoms with Gasteiger partial charge in [-0.2, -0.15) is 26.3 Å². The summed E-state index contributed by atoms with van der Waals surface area (Å²) in [7, 11) is 8.91. The smallest absolute Gasteiger partial charge is 0.377 e. The second-order valence-corrected chi connectivity index (χ2v) is 31.8. The molecule has 4 aliphatic carbocycles. The highest BCUT2D eigenvalue weighted by Gasteiger charge is 2.65. The van der Waals surface area contributed by atoms with Crippen molar-refractivity contribution in [3.05, 3.63) is 12.2 Å². The lowest BCUT2D eigenvalue weighted by atomic mass is 9.71. The van der Waals surface area contributed by atoms with E-state index in [0.29, 0.717) is 38.5 Å². The maximum Gasteiger partial charge on any atom is 0.397 e. The van der Waals surface area contributed by atoms with Crippen molar-refractivity contribution in [1.82, 2.24) is 60.0 Å². The Morgan fingerprint density at radius 1 is 0.645 bits per heavy atom. The number of rotatable bonds is 14. The first-order valence-corrected chi connectivity index (χ1v) is 38.8. The number of amides is 12. The Bertz CT molecular complexity index is 3300. The van der Waals surface area contributed by atoms with Crippen LogP contribution in [0.3, 0.4) is 0 Å². The number of likely N-dealkylation sites (N-methyl/N-ethyl adjacent to an activating group) is 7. The molecule has 0 aromatic rings. The molecule has 25 nitrogen and oxygen atoms in total. The minimum atomic E-state index is -5.26. The molecule has 35 heteroatoms. The van der Waals surface area contributed by atoms with Gasteiger partial charge in [0.15, 0.2) is 0 Å². The summed E-state index contributed by atoms with van der Waals surface area (Å²) in [5.74, 6) is -22.4. The first kappa shape index (κ1) is 89.8. The lowest BCUT2D eigenvalue weighted by molar-refractivity contribution is -0.219. The number of carbonyl (C=O) groups is 12. The van der Waals surface area contributed by atoms with Crippen molar-refractivity contribution in [1.29, 1.82) is 0 Å². The zero-order valence-electron chi connectivity index (χ0n) is 65.4. The Balaban J connectivity index is 1.34. The fourth-order valence-electron chi connectivity index (χ4n) is 17.2. The molecule has 2 bridgehead atoms. The van der Waals surface area contributed by atoms with Gasteiger partial charge in [0.2, 0.25) is 70.9 Å². The van der Waals surface area contributed by atoms with Crippen LogP contribution in [0, 0.1) is 35.5 Å². The fraction of sp³-hybridized carbons (Fsp3) is 0.813. The number of alkyl halides is 10. The average Bonchev–Trinajstić information content (AvgIpc) is 0.963. The van der Waals surface area contributed by atoms with E-state index in [1.165, 1.54) is 52.1 Å². The number of carbonyl (C=O) groups excluding carboxylic acids is 12. The van der Waals surface area contributed by atoms with Crippen LogP contribution in [0.5, 0.6) is 0 Å². The van der Waals surface area contributed by atoms with Crippen LogP contribution in [0.15, 0.2) is 12.2 Å². The molecular weight excluding hydrogens is 1470 g/mol. The number of ether oxygens (including phenoxy) is 1. The molecule has 3 heterocycles. The van der Waals surface area contributed by atoms with Crippen LogP contribution in [-0.4, -0.2) is 294 Å². The Hall–Kier alpha value is -7.36. The van der Waals surface area contributed by atoms with E-state index in [9.17, 15) is 55.1 Å². The van der Waals surface area contributed by atoms with Gasteiger partial charge in [-0.3, -0.25) is 57.5 Å². The summed E-state index contributed by atoms with van der Waals surface area (Å²) >= 11 is 0. The van der Waals surface area contributed by atoms with E-state index in [1.807, 2.05) is 0 Å². The van der Waals surface area contributed by atoms with E-state index in [1.54, 1.807) is 46.8 Å². The summed E-state index contributed by atoms with van der Waals surface area (Å²) < 4.78 is 153. The Morgan fingerprint density at radius 2 is 1.26 bits per heavy atom. The van der Waals surface area contributed by atoms with Crippen molar-refractivity contribution in [2.45, 2.75) is 266 Å². The van der Waals surface area contributed by atoms with Crippen molar-refractivity contribution in [2.24, 2.45) is 35.5 Å². The number of hydrogen-bond acceptors (Lipinski definition) is 13. The molecule has 4 saturated carbocycles. The molecule has 6 fully saturated rings. The van der Waals surface area contributed by atoms with Crippen molar-refractivity contribution in [3.63, 3.8) is 0 Å². The Kier molecular flexibility index (Phi) is 31.0. The van der Waals surface area contributed by atoms with E-state index < -0.39 is 262 Å². The molecule has 12 amide bonds. The van der Waals surface area contributed by atoms with Crippen LogP contribution in [-0.2, 0) is 62.3 Å². The summed E-state index contributed by atoms with van der Waals surface area (Å²) in [4.78, 5) is 190. The molecule has 0 aromatic heterocycles. The summed E-state index contributed by atoms with van der Waals surface area (Å²) in [5, 5.41) is 7.84. The lowest BCUT2D eigenvalue weighted by Gasteiger charge is -2.50. The highest BCUT2D eigenvalue weighted by Crippen LogP contribution is 2.49. The zero-order chi connectivity index (χ0) is 82.0. The molecule has 0 radical (unpaired) electrons. The van der Waals surface area contributed by atoms with Crippen molar-refractivity contribution in [3.8, 4) is 0 Å².